The van der Waals surface area contributed by atoms with Gasteiger partial charge in [-0.3, -0.25) is 4.79 Å². The smallest absolute Gasteiger partial charge is 0.303 e. The normalized spacial score (nSPS) is 12.4. The molecule has 0 saturated carbocycles. The summed E-state index contributed by atoms with van der Waals surface area (Å²) in [5, 5.41) is 11.6. The average Bonchev–Trinajstić information content (AvgIpc) is 2.25. The molecule has 90 valence electrons. The zero-order chi connectivity index (χ0) is 12.4. The van der Waals surface area contributed by atoms with Crippen LogP contribution in [0.2, 0.25) is 0 Å². The third-order valence-electron chi connectivity index (χ3n) is 2.17. The van der Waals surface area contributed by atoms with Crippen LogP contribution in [0.4, 0.5) is 0 Å². The molecule has 0 radical (unpaired) electrons. The molecular weight excluding hydrogens is 202 g/mol. The lowest BCUT2D eigenvalue weighted by molar-refractivity contribution is -0.137. The van der Waals surface area contributed by atoms with Crippen LogP contribution >= 0.6 is 0 Å². The molecule has 0 rings (SSSR count). The fourth-order valence-corrected chi connectivity index (χ4v) is 1.37. The van der Waals surface area contributed by atoms with Gasteiger partial charge in [-0.1, -0.05) is 19.6 Å². The molecule has 0 fully saturated rings. The van der Waals surface area contributed by atoms with Gasteiger partial charge in [0.25, 0.3) is 0 Å². The Bertz CT molecular complexity index is 290. The number of carboxylic acid groups (broad SMARTS) is 1. The molecule has 0 atom stereocenters. The predicted octanol–water partition coefficient (Wildman–Crippen LogP) is 2.87. The van der Waals surface area contributed by atoms with Gasteiger partial charge in [-0.2, -0.15) is 0 Å². The highest BCUT2D eigenvalue weighted by Crippen LogP contribution is 2.12. The van der Waals surface area contributed by atoms with E-state index in [0.717, 1.165) is 24.1 Å². The Morgan fingerprint density at radius 3 is 2.56 bits per heavy atom. The van der Waals surface area contributed by atoms with E-state index in [0.29, 0.717) is 6.42 Å². The second kappa shape index (κ2) is 8.77. The van der Waals surface area contributed by atoms with Gasteiger partial charge in [0.05, 0.1) is 0 Å². The number of likely N-dealkylation sites (N-methyl/N-ethyl adjacent to an activating group) is 1. The van der Waals surface area contributed by atoms with Crippen molar-refractivity contribution in [3.05, 3.63) is 36.1 Å². The third-order valence-corrected chi connectivity index (χ3v) is 2.17. The van der Waals surface area contributed by atoms with Crippen LogP contribution in [-0.2, 0) is 4.79 Å². The van der Waals surface area contributed by atoms with Crippen LogP contribution in [0.15, 0.2) is 36.1 Å². The van der Waals surface area contributed by atoms with Crippen LogP contribution in [0, 0.1) is 0 Å². The van der Waals surface area contributed by atoms with E-state index >= 15 is 0 Å². The van der Waals surface area contributed by atoms with Gasteiger partial charge in [-0.05, 0) is 37.0 Å². The van der Waals surface area contributed by atoms with Crippen molar-refractivity contribution in [2.45, 2.75) is 32.6 Å². The highest BCUT2D eigenvalue weighted by molar-refractivity contribution is 5.66. The van der Waals surface area contributed by atoms with Gasteiger partial charge >= 0.3 is 5.97 Å². The zero-order valence-corrected chi connectivity index (χ0v) is 10.1. The van der Waals surface area contributed by atoms with Gasteiger partial charge in [-0.15, -0.1) is 0 Å². The summed E-state index contributed by atoms with van der Waals surface area (Å²) >= 11 is 0. The molecule has 0 aliphatic carbocycles. The van der Waals surface area contributed by atoms with E-state index in [2.05, 4.69) is 24.9 Å². The number of carbonyl (C=O) groups is 1. The number of allylic oxidation sites excluding steroid dienone is 4. The van der Waals surface area contributed by atoms with Crippen LogP contribution in [-0.4, -0.2) is 18.1 Å². The Morgan fingerprint density at radius 1 is 1.44 bits per heavy atom. The predicted molar refractivity (Wildman–Crippen MR) is 67.2 cm³/mol. The minimum atomic E-state index is -0.739. The topological polar surface area (TPSA) is 49.3 Å². The number of hydrogen-bond acceptors (Lipinski definition) is 2. The number of carboxylic acids is 1. The van der Waals surface area contributed by atoms with E-state index in [-0.39, 0.29) is 6.42 Å². The van der Waals surface area contributed by atoms with Crippen molar-refractivity contribution in [1.82, 2.24) is 5.32 Å². The van der Waals surface area contributed by atoms with Crippen LogP contribution in [0.3, 0.4) is 0 Å². The fraction of sp³-hybridized carbons (Fsp3) is 0.462. The fourth-order valence-electron chi connectivity index (χ4n) is 1.37. The number of aliphatic carboxylic acids is 1. The van der Waals surface area contributed by atoms with Crippen molar-refractivity contribution in [3.8, 4) is 0 Å². The second-order valence-electron chi connectivity index (χ2n) is 3.49. The van der Waals surface area contributed by atoms with Crippen molar-refractivity contribution in [1.29, 1.82) is 0 Å². The Kier molecular flexibility index (Phi) is 7.94. The van der Waals surface area contributed by atoms with Crippen molar-refractivity contribution >= 4 is 5.97 Å². The van der Waals surface area contributed by atoms with Crippen molar-refractivity contribution in [2.75, 3.05) is 7.05 Å². The number of nitrogens with one attached hydrogen (secondary N) is 1. The maximum Gasteiger partial charge on any atom is 0.303 e. The molecule has 0 aromatic carbocycles. The molecule has 0 bridgehead atoms. The first-order chi connectivity index (χ1) is 7.63. The second-order valence-corrected chi connectivity index (χ2v) is 3.49. The summed E-state index contributed by atoms with van der Waals surface area (Å²) in [4.78, 5) is 10.4. The molecule has 0 aromatic rings. The molecule has 0 aliphatic rings. The van der Waals surface area contributed by atoms with Gasteiger partial charge in [0.1, 0.15) is 0 Å². The van der Waals surface area contributed by atoms with Crippen molar-refractivity contribution in [3.63, 3.8) is 0 Å². The summed E-state index contributed by atoms with van der Waals surface area (Å²) in [6, 6.07) is 0. The maximum absolute atomic E-state index is 10.4. The minimum absolute atomic E-state index is 0.220. The molecule has 0 spiro atoms. The van der Waals surface area contributed by atoms with Crippen LogP contribution < -0.4 is 5.32 Å². The van der Waals surface area contributed by atoms with E-state index < -0.39 is 5.97 Å². The summed E-state index contributed by atoms with van der Waals surface area (Å²) in [6.45, 7) is 5.77. The molecule has 2 N–H and O–H groups in total. The summed E-state index contributed by atoms with van der Waals surface area (Å²) in [7, 11) is 1.84. The van der Waals surface area contributed by atoms with E-state index in [4.69, 9.17) is 5.11 Å². The highest BCUT2D eigenvalue weighted by Gasteiger charge is 1.99. The molecular formula is C13H21NO2. The molecule has 0 aromatic heterocycles. The molecule has 0 saturated heterocycles. The molecule has 0 aliphatic heterocycles. The first-order valence-corrected chi connectivity index (χ1v) is 5.56. The van der Waals surface area contributed by atoms with Gasteiger partial charge < -0.3 is 10.4 Å². The van der Waals surface area contributed by atoms with E-state index in [1.54, 1.807) is 6.08 Å². The number of rotatable bonds is 8. The lowest BCUT2D eigenvalue weighted by Gasteiger charge is -2.04. The molecule has 0 unspecified atom stereocenters. The highest BCUT2D eigenvalue weighted by atomic mass is 16.4. The largest absolute Gasteiger partial charge is 0.481 e. The summed E-state index contributed by atoms with van der Waals surface area (Å²) < 4.78 is 0. The Balaban J connectivity index is 4.39. The van der Waals surface area contributed by atoms with Crippen LogP contribution in [0.25, 0.3) is 0 Å². The van der Waals surface area contributed by atoms with Crippen molar-refractivity contribution < 1.29 is 9.90 Å². The quantitative estimate of drug-likeness (QED) is 0.622. The molecule has 3 heteroatoms. The molecule has 0 amide bonds. The standard InChI is InChI=1S/C13H21NO2/c1-4-7-11(8-6-9-13(15)16)10-12(5-2)14-3/h5,7,10,14H,2,4,6,8-9H2,1,3H3,(H,15,16)/b11-7-,12-10+. The van der Waals surface area contributed by atoms with E-state index in [1.165, 1.54) is 0 Å². The van der Waals surface area contributed by atoms with Crippen LogP contribution in [0.1, 0.15) is 32.6 Å². The summed E-state index contributed by atoms with van der Waals surface area (Å²) in [6.07, 6.45) is 8.51. The third kappa shape index (κ3) is 6.87. The Hall–Kier alpha value is -1.51. The molecule has 3 nitrogen and oxygen atoms in total. The summed E-state index contributed by atoms with van der Waals surface area (Å²) in [5.74, 6) is -0.739. The van der Waals surface area contributed by atoms with E-state index in [9.17, 15) is 4.79 Å². The summed E-state index contributed by atoms with van der Waals surface area (Å²) in [5.41, 5.74) is 2.11. The maximum atomic E-state index is 10.4. The van der Waals surface area contributed by atoms with E-state index in [1.807, 2.05) is 13.1 Å². The molecule has 16 heavy (non-hydrogen) atoms. The Labute approximate surface area is 97.6 Å². The van der Waals surface area contributed by atoms with Gasteiger partial charge in [-0.25, -0.2) is 0 Å². The van der Waals surface area contributed by atoms with Crippen LogP contribution in [0.5, 0.6) is 0 Å². The van der Waals surface area contributed by atoms with Gasteiger partial charge in [0, 0.05) is 19.2 Å². The Morgan fingerprint density at radius 2 is 2.12 bits per heavy atom. The SMILES string of the molecule is C=C/C(=C\C(=C/CC)CCCC(=O)O)NC. The van der Waals surface area contributed by atoms with Gasteiger partial charge in [0.15, 0.2) is 0 Å². The monoisotopic (exact) mass is 223 g/mol. The lowest BCUT2D eigenvalue weighted by atomic mass is 10.1. The zero-order valence-electron chi connectivity index (χ0n) is 10.1. The minimum Gasteiger partial charge on any atom is -0.481 e. The number of hydrogen-bond donors (Lipinski definition) is 2. The first-order valence-electron chi connectivity index (χ1n) is 5.56. The lowest BCUT2D eigenvalue weighted by Crippen LogP contribution is -2.03. The average molecular weight is 223 g/mol. The molecule has 0 heterocycles. The van der Waals surface area contributed by atoms with Crippen molar-refractivity contribution in [2.24, 2.45) is 0 Å². The first kappa shape index (κ1) is 14.5. The van der Waals surface area contributed by atoms with Gasteiger partial charge in [0.2, 0.25) is 0 Å².